The van der Waals surface area contributed by atoms with Crippen LogP contribution in [0.4, 0.5) is 5.69 Å². The number of ether oxygens (including phenoxy) is 1. The van der Waals surface area contributed by atoms with Gasteiger partial charge in [-0.3, -0.25) is 0 Å². The van der Waals surface area contributed by atoms with Crippen LogP contribution in [0, 0.1) is 18.5 Å². The fourth-order valence-corrected chi connectivity index (χ4v) is 7.29. The predicted molar refractivity (Wildman–Crippen MR) is 199 cm³/mol. The number of imidazole rings is 1. The minimum absolute atomic E-state index is 0. The van der Waals surface area contributed by atoms with Crippen molar-refractivity contribution in [3.8, 4) is 39.4 Å². The third-order valence-corrected chi connectivity index (χ3v) is 9.52. The number of fused-ring (bicyclic) bond motifs is 9. The van der Waals surface area contributed by atoms with E-state index in [1.54, 1.807) is 0 Å². The molecule has 0 saturated carbocycles. The predicted octanol–water partition coefficient (Wildman–Crippen LogP) is 10.0. The molecule has 10 rings (SSSR count). The quantitative estimate of drug-likeness (QED) is 0.129. The van der Waals surface area contributed by atoms with Crippen molar-refractivity contribution in [2.24, 2.45) is 12.0 Å². The van der Waals surface area contributed by atoms with Crippen LogP contribution in [0.25, 0.3) is 60.8 Å². The summed E-state index contributed by atoms with van der Waals surface area (Å²) < 4.78 is 12.8. The van der Waals surface area contributed by atoms with Crippen molar-refractivity contribution < 1.29 is 30.4 Å². The molecule has 2 aromatic heterocycles. The summed E-state index contributed by atoms with van der Waals surface area (Å²) >= 11 is 0. The van der Waals surface area contributed by atoms with Crippen molar-refractivity contribution in [3.05, 3.63) is 176 Å². The maximum Gasteiger partial charge on any atom is 0.242 e. The molecule has 3 heterocycles. The van der Waals surface area contributed by atoms with Gasteiger partial charge in [0.1, 0.15) is 5.84 Å². The van der Waals surface area contributed by atoms with Crippen LogP contribution in [0.1, 0.15) is 5.56 Å². The van der Waals surface area contributed by atoms with E-state index in [1.807, 2.05) is 52.6 Å². The van der Waals surface area contributed by atoms with Gasteiger partial charge in [-0.25, -0.2) is 4.99 Å². The summed E-state index contributed by atoms with van der Waals surface area (Å²) in [6, 6.07) is 59.4. The molecule has 5 nitrogen and oxygen atoms in total. The molecule has 0 unspecified atom stereocenters. The molecule has 0 aliphatic carbocycles. The number of aryl methyl sites for hydroxylation is 1. The van der Waals surface area contributed by atoms with Crippen molar-refractivity contribution in [2.45, 2.75) is 0 Å². The summed E-state index contributed by atoms with van der Waals surface area (Å²) in [5, 5.41) is 2.19. The second-order valence-electron chi connectivity index (χ2n) is 12.5. The molecular weight excluding hydrogens is 808 g/mol. The molecular formula is C45H28N4OPt-2. The van der Waals surface area contributed by atoms with Gasteiger partial charge in [-0.05, 0) is 34.2 Å². The van der Waals surface area contributed by atoms with Crippen molar-refractivity contribution in [1.82, 2.24) is 9.13 Å². The van der Waals surface area contributed by atoms with Gasteiger partial charge in [-0.15, -0.1) is 29.7 Å². The Labute approximate surface area is 309 Å². The van der Waals surface area contributed by atoms with Gasteiger partial charge in [0, 0.05) is 49.2 Å². The molecule has 0 N–H and O–H groups in total. The Morgan fingerprint density at radius 2 is 1.18 bits per heavy atom. The SMILES string of the molecule is Cn1[c-][n+](-c2[c-]c(Oc3[c-]c4c(cc3)c3ccccc3n4C3=Nc4ccccc4-c4ccccc4-c4ccccc43)ccc2)c2ccccc21.[Pt]. The summed E-state index contributed by atoms with van der Waals surface area (Å²) in [5.74, 6) is 2.01. The van der Waals surface area contributed by atoms with Gasteiger partial charge in [0.15, 0.2) is 0 Å². The Morgan fingerprint density at radius 3 is 2.00 bits per heavy atom. The van der Waals surface area contributed by atoms with Crippen LogP contribution in [0.2, 0.25) is 0 Å². The molecule has 0 atom stereocenters. The second-order valence-corrected chi connectivity index (χ2v) is 12.5. The number of para-hydroxylation sites is 4. The number of hydrogen-bond donors (Lipinski definition) is 0. The second kappa shape index (κ2) is 12.4. The van der Waals surface area contributed by atoms with E-state index in [4.69, 9.17) is 9.73 Å². The first-order valence-electron chi connectivity index (χ1n) is 16.6. The fraction of sp³-hybridized carbons (Fsp3) is 0.0222. The Morgan fingerprint density at radius 1 is 0.549 bits per heavy atom. The van der Waals surface area contributed by atoms with E-state index in [-0.39, 0.29) is 21.1 Å². The van der Waals surface area contributed by atoms with Crippen LogP contribution in [0.3, 0.4) is 0 Å². The normalized spacial score (nSPS) is 12.0. The van der Waals surface area contributed by atoms with Crippen LogP contribution >= 0.6 is 0 Å². The van der Waals surface area contributed by atoms with Crippen LogP contribution < -0.4 is 9.30 Å². The Balaban J connectivity index is 0.00000348. The molecule has 0 saturated heterocycles. The average molecular weight is 836 g/mol. The number of hydrogen-bond acceptors (Lipinski definition) is 2. The smallest absolute Gasteiger partial charge is 0.242 e. The number of benzene rings is 7. The van der Waals surface area contributed by atoms with Crippen molar-refractivity contribution in [1.29, 1.82) is 0 Å². The third-order valence-electron chi connectivity index (χ3n) is 9.52. The summed E-state index contributed by atoms with van der Waals surface area (Å²) in [4.78, 5) is 5.47. The summed E-state index contributed by atoms with van der Waals surface area (Å²) in [6.45, 7) is 0. The first-order chi connectivity index (χ1) is 24.7. The summed E-state index contributed by atoms with van der Waals surface area (Å²) in [5.41, 5.74) is 11.4. The van der Waals surface area contributed by atoms with E-state index in [0.717, 1.165) is 66.7 Å². The number of nitrogens with zero attached hydrogens (tertiary/aromatic N) is 4. The molecule has 0 bridgehead atoms. The van der Waals surface area contributed by atoms with Gasteiger partial charge < -0.3 is 18.4 Å². The van der Waals surface area contributed by atoms with E-state index >= 15 is 0 Å². The van der Waals surface area contributed by atoms with Gasteiger partial charge >= 0.3 is 0 Å². The molecule has 6 heteroatoms. The van der Waals surface area contributed by atoms with E-state index in [0.29, 0.717) is 11.5 Å². The maximum atomic E-state index is 6.52. The number of rotatable bonds is 3. The maximum absolute atomic E-state index is 6.52. The molecule has 0 spiro atoms. The molecule has 0 radical (unpaired) electrons. The molecule has 7 aromatic carbocycles. The number of aromatic nitrogens is 3. The molecule has 9 aromatic rings. The first kappa shape index (κ1) is 31.0. The molecule has 0 amide bonds. The van der Waals surface area contributed by atoms with Crippen LogP contribution in [-0.4, -0.2) is 15.0 Å². The molecule has 1 aliphatic heterocycles. The van der Waals surface area contributed by atoms with Gasteiger partial charge in [-0.1, -0.05) is 120 Å². The zero-order valence-corrected chi connectivity index (χ0v) is 29.7. The van der Waals surface area contributed by atoms with Crippen molar-refractivity contribution in [3.63, 3.8) is 0 Å². The standard InChI is InChI=1S/C45H28N4O.Pt/c1-47-29-48(43-24-11-10-23-42(43)47)30-13-12-14-31(27-30)50-32-25-26-38-37-19-7-9-22-41(37)49(44(38)28-32)45-39-20-5-4-17-35(39)33-15-2-3-16-34(33)36-18-6-8-21-40(36)46-45;/h2-26H,1H3;/q-2;. The fourth-order valence-electron chi connectivity index (χ4n) is 7.29. The van der Waals surface area contributed by atoms with E-state index in [1.165, 1.54) is 11.1 Å². The minimum Gasteiger partial charge on any atom is -0.510 e. The van der Waals surface area contributed by atoms with E-state index < -0.39 is 0 Å². The van der Waals surface area contributed by atoms with Crippen molar-refractivity contribution >= 4 is 44.4 Å². The molecule has 0 fully saturated rings. The van der Waals surface area contributed by atoms with Gasteiger partial charge in [-0.2, -0.15) is 18.2 Å². The monoisotopic (exact) mass is 835 g/mol. The Hall–Kier alpha value is -6.03. The minimum atomic E-state index is 0. The van der Waals surface area contributed by atoms with Gasteiger partial charge in [0.2, 0.25) is 6.33 Å². The van der Waals surface area contributed by atoms with Crippen LogP contribution in [0.5, 0.6) is 11.5 Å². The average Bonchev–Trinajstić information content (AvgIpc) is 3.68. The Bertz CT molecular complexity index is 2830. The molecule has 51 heavy (non-hydrogen) atoms. The molecule has 1 aliphatic rings. The number of aliphatic imine (C=N–C) groups is 1. The molecule has 246 valence electrons. The zero-order valence-electron chi connectivity index (χ0n) is 27.4. The first-order valence-corrected chi connectivity index (χ1v) is 16.6. The largest absolute Gasteiger partial charge is 0.510 e. The van der Waals surface area contributed by atoms with Gasteiger partial charge in [0.05, 0.1) is 23.8 Å². The third kappa shape index (κ3) is 5.04. The van der Waals surface area contributed by atoms with E-state index in [2.05, 4.69) is 138 Å². The zero-order chi connectivity index (χ0) is 33.2. The van der Waals surface area contributed by atoms with Crippen molar-refractivity contribution in [2.75, 3.05) is 0 Å². The van der Waals surface area contributed by atoms with Crippen LogP contribution in [-0.2, 0) is 28.1 Å². The van der Waals surface area contributed by atoms with Crippen LogP contribution in [0.15, 0.2) is 157 Å². The van der Waals surface area contributed by atoms with Gasteiger partial charge in [0.25, 0.3) is 0 Å². The summed E-state index contributed by atoms with van der Waals surface area (Å²) in [7, 11) is 2.00. The Kier molecular flexibility index (Phi) is 7.52. The summed E-state index contributed by atoms with van der Waals surface area (Å²) in [6.07, 6.45) is 3.40. The topological polar surface area (TPSA) is 35.3 Å². The van der Waals surface area contributed by atoms with E-state index in [9.17, 15) is 0 Å².